The van der Waals surface area contributed by atoms with Crippen molar-refractivity contribution in [3.05, 3.63) is 53.6 Å². The summed E-state index contributed by atoms with van der Waals surface area (Å²) in [5.74, 6) is -2.04. The van der Waals surface area contributed by atoms with Crippen LogP contribution in [0.4, 0.5) is 23.4 Å². The number of ether oxygens (including phenoxy) is 3. The van der Waals surface area contributed by atoms with E-state index in [4.69, 9.17) is 9.47 Å². The maximum absolute atomic E-state index is 14.2. The summed E-state index contributed by atoms with van der Waals surface area (Å²) in [6, 6.07) is 3.90. The summed E-state index contributed by atoms with van der Waals surface area (Å²) in [7, 11) is 1.38. The molecule has 6 rings (SSSR count). The van der Waals surface area contributed by atoms with Crippen LogP contribution < -0.4 is 15.0 Å². The molecular formula is C22H21F4N5O4. The van der Waals surface area contributed by atoms with E-state index in [1.165, 1.54) is 23.9 Å². The number of carbonyl (C=O) groups excluding carboxylic acids is 1. The van der Waals surface area contributed by atoms with Crippen molar-refractivity contribution in [2.75, 3.05) is 31.7 Å². The Balaban J connectivity index is 1.36. The smallest absolute Gasteiger partial charge is 0.403 e. The summed E-state index contributed by atoms with van der Waals surface area (Å²) in [6.45, 7) is 1.37. The van der Waals surface area contributed by atoms with Gasteiger partial charge in [0.25, 0.3) is 5.91 Å². The minimum absolute atomic E-state index is 0.0564. The lowest BCUT2D eigenvalue weighted by atomic mass is 9.99. The van der Waals surface area contributed by atoms with Crippen molar-refractivity contribution in [3.8, 4) is 5.75 Å². The van der Waals surface area contributed by atoms with E-state index in [1.54, 1.807) is 6.20 Å². The standard InChI is InChI=1S/C22H21F4N5O4/c1-33-11-17(12-2-3-18(16(23)6-12)35-22(24,25)26)28-21(32)15-8-27-31-5-4-19(29-20(15)31)30-9-13-7-14(10-30)34-13/h2-6,8,13-14,17H,7,9-11H2,1H3,(H,28,32)/t13-,14?,17?/m1/s1. The molecule has 186 valence electrons. The number of anilines is 1. The second-order valence-corrected chi connectivity index (χ2v) is 8.35. The van der Waals surface area contributed by atoms with Crippen molar-refractivity contribution in [2.24, 2.45) is 0 Å². The average molecular weight is 495 g/mol. The minimum atomic E-state index is -5.03. The molecule has 0 saturated carbocycles. The number of piperidine rings is 1. The summed E-state index contributed by atoms with van der Waals surface area (Å²) in [5, 5.41) is 6.89. The minimum Gasteiger partial charge on any atom is -0.403 e. The summed E-state index contributed by atoms with van der Waals surface area (Å²) < 4.78 is 67.5. The summed E-state index contributed by atoms with van der Waals surface area (Å²) in [6.07, 6.45) is -0.561. The Labute approximate surface area is 196 Å². The molecule has 2 unspecified atom stereocenters. The molecule has 35 heavy (non-hydrogen) atoms. The number of nitrogens with one attached hydrogen (secondary N) is 1. The van der Waals surface area contributed by atoms with Crippen LogP contribution in [0.15, 0.2) is 36.7 Å². The zero-order valence-corrected chi connectivity index (χ0v) is 18.5. The van der Waals surface area contributed by atoms with Crippen LogP contribution in [0.1, 0.15) is 28.4 Å². The van der Waals surface area contributed by atoms with Gasteiger partial charge in [0.1, 0.15) is 11.4 Å². The molecule has 9 nitrogen and oxygen atoms in total. The molecule has 3 atom stereocenters. The molecule has 3 fully saturated rings. The number of hydrogen-bond donors (Lipinski definition) is 1. The van der Waals surface area contributed by atoms with Crippen molar-refractivity contribution >= 4 is 17.4 Å². The highest BCUT2D eigenvalue weighted by molar-refractivity contribution is 6.00. The zero-order chi connectivity index (χ0) is 24.7. The van der Waals surface area contributed by atoms with E-state index < -0.39 is 29.9 Å². The second-order valence-electron chi connectivity index (χ2n) is 8.35. The first-order chi connectivity index (χ1) is 16.7. The van der Waals surface area contributed by atoms with Gasteiger partial charge in [-0.2, -0.15) is 5.10 Å². The van der Waals surface area contributed by atoms with E-state index >= 15 is 0 Å². The van der Waals surface area contributed by atoms with Crippen LogP contribution in [0.2, 0.25) is 0 Å². The van der Waals surface area contributed by atoms with Gasteiger partial charge in [-0.15, -0.1) is 13.2 Å². The number of hydrogen-bond acceptors (Lipinski definition) is 7. The average Bonchev–Trinajstić information content (AvgIpc) is 3.22. The number of methoxy groups -OCH3 is 1. The first-order valence-corrected chi connectivity index (χ1v) is 10.8. The monoisotopic (exact) mass is 495 g/mol. The molecule has 1 amide bonds. The van der Waals surface area contributed by atoms with Gasteiger partial charge in [-0.3, -0.25) is 4.79 Å². The summed E-state index contributed by atoms with van der Waals surface area (Å²) >= 11 is 0. The highest BCUT2D eigenvalue weighted by atomic mass is 19.4. The fourth-order valence-corrected chi connectivity index (χ4v) is 4.30. The van der Waals surface area contributed by atoms with Crippen LogP contribution in [0.5, 0.6) is 5.75 Å². The predicted molar refractivity (Wildman–Crippen MR) is 114 cm³/mol. The van der Waals surface area contributed by atoms with Gasteiger partial charge < -0.3 is 24.4 Å². The van der Waals surface area contributed by atoms with Gasteiger partial charge in [0.05, 0.1) is 31.1 Å². The third-order valence-corrected chi connectivity index (χ3v) is 5.90. The Kier molecular flexibility index (Phi) is 5.97. The van der Waals surface area contributed by atoms with Crippen molar-refractivity contribution in [1.29, 1.82) is 0 Å². The Hall–Kier alpha value is -3.45. The van der Waals surface area contributed by atoms with E-state index in [9.17, 15) is 22.4 Å². The lowest BCUT2D eigenvalue weighted by molar-refractivity contribution is -0.275. The molecule has 2 aromatic heterocycles. The van der Waals surface area contributed by atoms with Crippen LogP contribution >= 0.6 is 0 Å². The first-order valence-electron chi connectivity index (χ1n) is 10.8. The lowest BCUT2D eigenvalue weighted by Gasteiger charge is -2.47. The lowest BCUT2D eigenvalue weighted by Crippen LogP contribution is -2.57. The number of aromatic nitrogens is 3. The molecule has 0 spiro atoms. The molecule has 2 bridgehead atoms. The Morgan fingerprint density at radius 2 is 2.03 bits per heavy atom. The molecule has 3 aliphatic heterocycles. The number of halogens is 4. The third-order valence-electron chi connectivity index (χ3n) is 5.90. The van der Waals surface area contributed by atoms with Gasteiger partial charge in [-0.1, -0.05) is 6.07 Å². The maximum Gasteiger partial charge on any atom is 0.573 e. The molecule has 3 aromatic rings. The third kappa shape index (κ3) is 4.86. The van der Waals surface area contributed by atoms with Crippen LogP contribution in [0, 0.1) is 5.82 Å². The highest BCUT2D eigenvalue weighted by Gasteiger charge is 2.39. The highest BCUT2D eigenvalue weighted by Crippen LogP contribution is 2.31. The molecule has 0 aliphatic carbocycles. The topological polar surface area (TPSA) is 90.2 Å². The van der Waals surface area contributed by atoms with E-state index in [0.29, 0.717) is 24.6 Å². The van der Waals surface area contributed by atoms with Crippen molar-refractivity contribution in [2.45, 2.75) is 31.0 Å². The molecular weight excluding hydrogens is 474 g/mol. The molecule has 3 aliphatic rings. The maximum atomic E-state index is 14.2. The van der Waals surface area contributed by atoms with Crippen LogP contribution in [0.3, 0.4) is 0 Å². The van der Waals surface area contributed by atoms with Crippen LogP contribution in [-0.2, 0) is 9.47 Å². The van der Waals surface area contributed by atoms with Gasteiger partial charge in [0.15, 0.2) is 17.2 Å². The van der Waals surface area contributed by atoms with E-state index in [2.05, 4.69) is 25.0 Å². The Morgan fingerprint density at radius 3 is 2.69 bits per heavy atom. The number of benzene rings is 1. The van der Waals surface area contributed by atoms with Gasteiger partial charge >= 0.3 is 6.36 Å². The number of nitrogens with zero attached hydrogens (tertiary/aromatic N) is 4. The molecule has 5 heterocycles. The van der Waals surface area contributed by atoms with E-state index in [0.717, 1.165) is 18.6 Å². The number of fused-ring (bicyclic) bond motifs is 3. The largest absolute Gasteiger partial charge is 0.573 e. The van der Waals surface area contributed by atoms with Gasteiger partial charge in [-0.05, 0) is 23.8 Å². The molecule has 0 radical (unpaired) electrons. The van der Waals surface area contributed by atoms with E-state index in [1.807, 2.05) is 6.07 Å². The fraction of sp³-hybridized carbons (Fsp3) is 0.409. The Morgan fingerprint density at radius 1 is 1.29 bits per heavy atom. The van der Waals surface area contributed by atoms with Gasteiger partial charge in [-0.25, -0.2) is 13.9 Å². The summed E-state index contributed by atoms with van der Waals surface area (Å²) in [4.78, 5) is 19.8. The summed E-state index contributed by atoms with van der Waals surface area (Å²) in [5.41, 5.74) is 0.713. The SMILES string of the molecule is COCC(NC(=O)c1cnn2ccc(N3CC4C[C@H](C3)O4)nc12)c1ccc(OC(F)(F)F)c(F)c1. The Bertz CT molecular complexity index is 1230. The second kappa shape index (κ2) is 8.96. The number of carbonyl (C=O) groups is 1. The first kappa shape index (κ1) is 23.3. The number of morpholine rings is 1. The fourth-order valence-electron chi connectivity index (χ4n) is 4.30. The van der Waals surface area contributed by atoms with Gasteiger partial charge in [0, 0.05) is 32.8 Å². The number of amides is 1. The normalized spacial score (nSPS) is 20.4. The molecule has 3 saturated heterocycles. The molecule has 1 aromatic carbocycles. The predicted octanol–water partition coefficient (Wildman–Crippen LogP) is 2.86. The van der Waals surface area contributed by atoms with Crippen LogP contribution in [-0.4, -0.2) is 65.9 Å². The molecule has 1 N–H and O–H groups in total. The zero-order valence-electron chi connectivity index (χ0n) is 18.5. The quantitative estimate of drug-likeness (QED) is 0.504. The van der Waals surface area contributed by atoms with Crippen molar-refractivity contribution < 1.29 is 36.6 Å². The van der Waals surface area contributed by atoms with Crippen molar-refractivity contribution in [1.82, 2.24) is 19.9 Å². The van der Waals surface area contributed by atoms with E-state index in [-0.39, 0.29) is 29.9 Å². The number of rotatable bonds is 7. The number of alkyl halides is 3. The van der Waals surface area contributed by atoms with Crippen molar-refractivity contribution in [3.63, 3.8) is 0 Å². The van der Waals surface area contributed by atoms with Gasteiger partial charge in [0.2, 0.25) is 0 Å². The molecule has 13 heteroatoms. The van der Waals surface area contributed by atoms with Crippen LogP contribution in [0.25, 0.3) is 5.65 Å².